The van der Waals surface area contributed by atoms with Crippen LogP contribution in [0.5, 0.6) is 0 Å². The van der Waals surface area contributed by atoms with E-state index in [4.69, 9.17) is 20.4 Å². The maximum atomic E-state index is 10.1. The van der Waals surface area contributed by atoms with Gasteiger partial charge in [-0.15, -0.1) is 0 Å². The molecular weight excluding hydrogens is 264 g/mol. The Morgan fingerprint density at radius 3 is 1.40 bits per heavy atom. The third-order valence-electron chi connectivity index (χ3n) is 2.71. The average Bonchev–Trinajstić information content (AvgIpc) is 2.40. The van der Waals surface area contributed by atoms with E-state index in [1.165, 1.54) is 0 Å². The number of hydrogen-bond donors (Lipinski definition) is 4. The van der Waals surface area contributed by atoms with Crippen molar-refractivity contribution in [2.75, 3.05) is 6.61 Å². The molecule has 1 atom stereocenters. The van der Waals surface area contributed by atoms with Gasteiger partial charge in [-0.1, -0.05) is 32.6 Å². The molecule has 0 aromatic heterocycles. The summed E-state index contributed by atoms with van der Waals surface area (Å²) in [6.45, 7) is 1.71. The zero-order valence-electron chi connectivity index (χ0n) is 12.3. The number of aliphatic hydroxyl groups excluding tert-OH is 2. The molecular formula is C14H28O6. The fourth-order valence-electron chi connectivity index (χ4n) is 1.39. The van der Waals surface area contributed by atoms with Crippen LogP contribution in [0, 0.1) is 0 Å². The predicted octanol–water partition coefficient (Wildman–Crippen LogP) is 2.03. The molecule has 0 amide bonds. The van der Waals surface area contributed by atoms with E-state index in [1.54, 1.807) is 0 Å². The van der Waals surface area contributed by atoms with Gasteiger partial charge >= 0.3 is 11.9 Å². The van der Waals surface area contributed by atoms with E-state index in [1.807, 2.05) is 6.92 Å². The Hall–Kier alpha value is -1.14. The average molecular weight is 292 g/mol. The molecule has 0 saturated heterocycles. The highest BCUT2D eigenvalue weighted by atomic mass is 16.4. The van der Waals surface area contributed by atoms with E-state index in [2.05, 4.69) is 0 Å². The van der Waals surface area contributed by atoms with Gasteiger partial charge in [0.2, 0.25) is 0 Å². The summed E-state index contributed by atoms with van der Waals surface area (Å²) in [7, 11) is 0. The maximum Gasteiger partial charge on any atom is 0.303 e. The molecule has 0 aliphatic heterocycles. The lowest BCUT2D eigenvalue weighted by Gasteiger charge is -1.98. The SMILES string of the molecule is CCC(O)CO.O=C(O)CCCCCCCCC(=O)O. The summed E-state index contributed by atoms with van der Waals surface area (Å²) in [5.41, 5.74) is 0. The Morgan fingerprint density at radius 2 is 1.20 bits per heavy atom. The van der Waals surface area contributed by atoms with Crippen LogP contribution in [0.4, 0.5) is 0 Å². The first-order valence-corrected chi connectivity index (χ1v) is 7.16. The van der Waals surface area contributed by atoms with E-state index in [0.29, 0.717) is 6.42 Å². The molecule has 0 aliphatic carbocycles. The minimum Gasteiger partial charge on any atom is -0.481 e. The van der Waals surface area contributed by atoms with Crippen molar-refractivity contribution in [2.24, 2.45) is 0 Å². The lowest BCUT2D eigenvalue weighted by molar-refractivity contribution is -0.138. The third-order valence-corrected chi connectivity index (χ3v) is 2.71. The van der Waals surface area contributed by atoms with Gasteiger partial charge < -0.3 is 20.4 Å². The van der Waals surface area contributed by atoms with E-state index in [0.717, 1.165) is 38.5 Å². The Kier molecular flexibility index (Phi) is 16.8. The number of aliphatic carboxylic acids is 2. The predicted molar refractivity (Wildman–Crippen MR) is 75.6 cm³/mol. The summed E-state index contributed by atoms with van der Waals surface area (Å²) in [6, 6.07) is 0. The first kappa shape index (κ1) is 21.2. The molecule has 4 N–H and O–H groups in total. The molecule has 0 saturated carbocycles. The van der Waals surface area contributed by atoms with Gasteiger partial charge in [0, 0.05) is 12.8 Å². The molecule has 1 unspecified atom stereocenters. The summed E-state index contributed by atoms with van der Waals surface area (Å²) in [5, 5.41) is 33.2. The van der Waals surface area contributed by atoms with Gasteiger partial charge in [0.05, 0.1) is 12.7 Å². The highest BCUT2D eigenvalue weighted by Crippen LogP contribution is 2.08. The number of carbonyl (C=O) groups is 2. The summed E-state index contributed by atoms with van der Waals surface area (Å²) in [5.74, 6) is -1.48. The van der Waals surface area contributed by atoms with Crippen LogP contribution in [0.3, 0.4) is 0 Å². The third kappa shape index (κ3) is 22.1. The second-order valence-electron chi connectivity index (χ2n) is 4.65. The Balaban J connectivity index is 0. The van der Waals surface area contributed by atoms with Gasteiger partial charge in [0.15, 0.2) is 0 Å². The number of rotatable bonds is 11. The van der Waals surface area contributed by atoms with Crippen LogP contribution < -0.4 is 0 Å². The van der Waals surface area contributed by atoms with Crippen LogP contribution in [0.1, 0.15) is 64.7 Å². The van der Waals surface area contributed by atoms with Gasteiger partial charge in [-0.05, 0) is 19.3 Å². The normalized spacial score (nSPS) is 11.3. The van der Waals surface area contributed by atoms with E-state index < -0.39 is 18.0 Å². The summed E-state index contributed by atoms with van der Waals surface area (Å²) >= 11 is 0. The quantitative estimate of drug-likeness (QED) is 0.433. The van der Waals surface area contributed by atoms with Gasteiger partial charge in [-0.3, -0.25) is 9.59 Å². The van der Waals surface area contributed by atoms with Crippen LogP contribution in [0.15, 0.2) is 0 Å². The van der Waals surface area contributed by atoms with Gasteiger partial charge in [0.1, 0.15) is 0 Å². The van der Waals surface area contributed by atoms with Crippen molar-refractivity contribution in [3.8, 4) is 0 Å². The van der Waals surface area contributed by atoms with Crippen molar-refractivity contribution >= 4 is 11.9 Å². The van der Waals surface area contributed by atoms with Gasteiger partial charge in [-0.2, -0.15) is 0 Å². The minimum atomic E-state index is -0.740. The largest absolute Gasteiger partial charge is 0.481 e. The smallest absolute Gasteiger partial charge is 0.303 e. The van der Waals surface area contributed by atoms with Crippen molar-refractivity contribution in [2.45, 2.75) is 70.8 Å². The lowest BCUT2D eigenvalue weighted by Crippen LogP contribution is -2.08. The molecule has 0 bridgehead atoms. The maximum absolute atomic E-state index is 10.1. The first-order valence-electron chi connectivity index (χ1n) is 7.16. The first-order chi connectivity index (χ1) is 9.43. The van der Waals surface area contributed by atoms with Crippen molar-refractivity contribution in [1.29, 1.82) is 0 Å². The zero-order valence-corrected chi connectivity index (χ0v) is 12.3. The fraction of sp³-hybridized carbons (Fsp3) is 0.857. The van der Waals surface area contributed by atoms with Crippen molar-refractivity contribution in [3.05, 3.63) is 0 Å². The molecule has 6 heteroatoms. The zero-order chi connectivity index (χ0) is 15.8. The summed E-state index contributed by atoms with van der Waals surface area (Å²) in [4.78, 5) is 20.3. The molecule has 0 radical (unpaired) electrons. The molecule has 0 rings (SSSR count). The van der Waals surface area contributed by atoms with E-state index in [-0.39, 0.29) is 19.4 Å². The van der Waals surface area contributed by atoms with Gasteiger partial charge in [0.25, 0.3) is 0 Å². The number of aliphatic hydroxyl groups is 2. The van der Waals surface area contributed by atoms with Crippen molar-refractivity contribution in [1.82, 2.24) is 0 Å². The van der Waals surface area contributed by atoms with Gasteiger partial charge in [-0.25, -0.2) is 0 Å². The second kappa shape index (κ2) is 15.9. The molecule has 0 aliphatic rings. The molecule has 6 nitrogen and oxygen atoms in total. The van der Waals surface area contributed by atoms with Crippen LogP contribution in [0.2, 0.25) is 0 Å². The minimum absolute atomic E-state index is 0.115. The van der Waals surface area contributed by atoms with Crippen LogP contribution in [0.25, 0.3) is 0 Å². The Labute approximate surface area is 120 Å². The van der Waals surface area contributed by atoms with Crippen LogP contribution in [-0.2, 0) is 9.59 Å². The number of hydrogen-bond acceptors (Lipinski definition) is 4. The summed E-state index contributed by atoms with van der Waals surface area (Å²) in [6.07, 6.45) is 5.95. The van der Waals surface area contributed by atoms with Crippen molar-refractivity contribution in [3.63, 3.8) is 0 Å². The highest BCUT2D eigenvalue weighted by molar-refractivity contribution is 5.66. The Bertz CT molecular complexity index is 218. The number of unbranched alkanes of at least 4 members (excludes halogenated alkanes) is 5. The van der Waals surface area contributed by atoms with Crippen LogP contribution >= 0.6 is 0 Å². The van der Waals surface area contributed by atoms with E-state index in [9.17, 15) is 9.59 Å². The molecule has 0 aromatic rings. The molecule has 120 valence electrons. The van der Waals surface area contributed by atoms with Crippen LogP contribution in [-0.4, -0.2) is 45.1 Å². The molecule has 0 heterocycles. The number of carboxylic acid groups (broad SMARTS) is 2. The topological polar surface area (TPSA) is 115 Å². The second-order valence-corrected chi connectivity index (χ2v) is 4.65. The fourth-order valence-corrected chi connectivity index (χ4v) is 1.39. The Morgan fingerprint density at radius 1 is 0.850 bits per heavy atom. The monoisotopic (exact) mass is 292 g/mol. The molecule has 0 fully saturated rings. The van der Waals surface area contributed by atoms with E-state index >= 15 is 0 Å². The summed E-state index contributed by atoms with van der Waals surface area (Å²) < 4.78 is 0. The van der Waals surface area contributed by atoms with Crippen molar-refractivity contribution < 1.29 is 30.0 Å². The lowest BCUT2D eigenvalue weighted by atomic mass is 10.1. The molecule has 20 heavy (non-hydrogen) atoms. The standard InChI is InChI=1S/C10H18O4.C4H10O2/c11-9(12)7-5-3-1-2-4-6-8-10(13)14;1-2-4(6)3-5/h1-8H2,(H,11,12)(H,13,14);4-6H,2-3H2,1H3. The molecule has 0 aromatic carbocycles. The number of carboxylic acids is 2. The highest BCUT2D eigenvalue weighted by Gasteiger charge is 1.98. The molecule has 0 spiro atoms.